The van der Waals surface area contributed by atoms with Crippen molar-refractivity contribution < 1.29 is 0 Å². The van der Waals surface area contributed by atoms with Crippen LogP contribution < -0.4 is 0 Å². The molecule has 4 heteroatoms. The molecule has 0 radical (unpaired) electrons. The fourth-order valence-corrected chi connectivity index (χ4v) is 6.68. The Morgan fingerprint density at radius 3 is 1.82 bits per heavy atom. The van der Waals surface area contributed by atoms with Gasteiger partial charge in [-0.1, -0.05) is 127 Å². The summed E-state index contributed by atoms with van der Waals surface area (Å²) in [7, 11) is 0. The highest BCUT2D eigenvalue weighted by Gasteiger charge is 2.23. The molecule has 0 unspecified atom stereocenters. The SMILES string of the molecule is c1ccc(-c2nc(-c3ccccc3)nc(-n3c4ccccc4c4cc(-c5cccc6c5-c5ccccc5C6)ccc43)n2)cc1. The van der Waals surface area contributed by atoms with E-state index in [-0.39, 0.29) is 0 Å². The summed E-state index contributed by atoms with van der Waals surface area (Å²) in [4.78, 5) is 15.0. The average Bonchev–Trinajstić information content (AvgIpc) is 3.64. The van der Waals surface area contributed by atoms with Gasteiger partial charge >= 0.3 is 0 Å². The third-order valence-corrected chi connectivity index (χ3v) is 8.69. The van der Waals surface area contributed by atoms with Crippen molar-refractivity contribution in [2.45, 2.75) is 6.42 Å². The molecular weight excluding hydrogens is 536 g/mol. The minimum atomic E-state index is 0.603. The zero-order valence-electron chi connectivity index (χ0n) is 23.9. The second-order valence-corrected chi connectivity index (χ2v) is 11.3. The lowest BCUT2D eigenvalue weighted by Gasteiger charge is -2.12. The van der Waals surface area contributed by atoms with Crippen LogP contribution in [-0.2, 0) is 6.42 Å². The van der Waals surface area contributed by atoms with E-state index in [9.17, 15) is 0 Å². The highest BCUT2D eigenvalue weighted by atomic mass is 15.2. The third kappa shape index (κ3) is 3.89. The third-order valence-electron chi connectivity index (χ3n) is 8.69. The molecule has 0 N–H and O–H groups in total. The van der Waals surface area contributed by atoms with Crippen molar-refractivity contribution in [1.29, 1.82) is 0 Å². The van der Waals surface area contributed by atoms with Crippen molar-refractivity contribution in [1.82, 2.24) is 19.5 Å². The molecule has 0 saturated carbocycles. The Kier molecular flexibility index (Phi) is 5.53. The lowest BCUT2D eigenvalue weighted by molar-refractivity contribution is 0.953. The summed E-state index contributed by atoms with van der Waals surface area (Å²) in [6, 6.07) is 51.1. The predicted octanol–water partition coefficient (Wildman–Crippen LogP) is 9.54. The van der Waals surface area contributed by atoms with Gasteiger partial charge in [0.25, 0.3) is 0 Å². The van der Waals surface area contributed by atoms with Gasteiger partial charge in [-0.2, -0.15) is 9.97 Å². The summed E-state index contributed by atoms with van der Waals surface area (Å²) in [5.74, 6) is 1.90. The molecule has 8 aromatic rings. The second kappa shape index (κ2) is 9.85. The zero-order chi connectivity index (χ0) is 29.0. The van der Waals surface area contributed by atoms with E-state index in [0.717, 1.165) is 28.6 Å². The summed E-state index contributed by atoms with van der Waals surface area (Å²) in [6.07, 6.45) is 0.980. The Morgan fingerprint density at radius 1 is 0.432 bits per heavy atom. The van der Waals surface area contributed by atoms with Crippen molar-refractivity contribution in [3.63, 3.8) is 0 Å². The van der Waals surface area contributed by atoms with Crippen LogP contribution in [0.15, 0.2) is 146 Å². The molecule has 206 valence electrons. The summed E-state index contributed by atoms with van der Waals surface area (Å²) < 4.78 is 2.18. The van der Waals surface area contributed by atoms with Crippen LogP contribution in [0.25, 0.3) is 72.8 Å². The van der Waals surface area contributed by atoms with Crippen LogP contribution in [0, 0.1) is 0 Å². The number of rotatable bonds is 4. The van der Waals surface area contributed by atoms with E-state index < -0.39 is 0 Å². The van der Waals surface area contributed by atoms with Gasteiger partial charge in [-0.3, -0.25) is 4.57 Å². The first-order valence-corrected chi connectivity index (χ1v) is 14.9. The van der Waals surface area contributed by atoms with Gasteiger partial charge in [0.05, 0.1) is 11.0 Å². The minimum Gasteiger partial charge on any atom is -0.278 e. The lowest BCUT2D eigenvalue weighted by atomic mass is 9.93. The first-order chi connectivity index (χ1) is 21.8. The van der Waals surface area contributed by atoms with Crippen molar-refractivity contribution >= 4 is 21.8 Å². The molecule has 9 rings (SSSR count). The van der Waals surface area contributed by atoms with E-state index >= 15 is 0 Å². The lowest BCUT2D eigenvalue weighted by Crippen LogP contribution is -2.06. The summed E-state index contributed by atoms with van der Waals surface area (Å²) in [5.41, 5.74) is 12.0. The van der Waals surface area contributed by atoms with E-state index in [0.29, 0.717) is 17.6 Å². The maximum atomic E-state index is 5.07. The van der Waals surface area contributed by atoms with E-state index in [1.807, 2.05) is 60.7 Å². The quantitative estimate of drug-likeness (QED) is 0.215. The molecule has 6 aromatic carbocycles. The maximum Gasteiger partial charge on any atom is 0.238 e. The Balaban J connectivity index is 1.28. The number of hydrogen-bond acceptors (Lipinski definition) is 3. The van der Waals surface area contributed by atoms with Crippen molar-refractivity contribution in [2.24, 2.45) is 0 Å². The Hall–Kier alpha value is -5.87. The van der Waals surface area contributed by atoms with Gasteiger partial charge in [0.1, 0.15) is 0 Å². The Bertz CT molecular complexity index is 2300. The molecule has 0 amide bonds. The van der Waals surface area contributed by atoms with E-state index in [1.54, 1.807) is 0 Å². The van der Waals surface area contributed by atoms with Crippen LogP contribution in [-0.4, -0.2) is 19.5 Å². The molecule has 1 aliphatic rings. The van der Waals surface area contributed by atoms with E-state index in [4.69, 9.17) is 15.0 Å². The van der Waals surface area contributed by atoms with Crippen LogP contribution >= 0.6 is 0 Å². The molecule has 0 aliphatic heterocycles. The molecule has 0 atom stereocenters. The molecular formula is C40H26N4. The Labute approximate surface area is 255 Å². The fraction of sp³-hybridized carbons (Fsp3) is 0.0250. The zero-order valence-corrected chi connectivity index (χ0v) is 23.9. The van der Waals surface area contributed by atoms with Gasteiger partial charge < -0.3 is 0 Å². The smallest absolute Gasteiger partial charge is 0.238 e. The predicted molar refractivity (Wildman–Crippen MR) is 179 cm³/mol. The van der Waals surface area contributed by atoms with Gasteiger partial charge in [0.15, 0.2) is 11.6 Å². The summed E-state index contributed by atoms with van der Waals surface area (Å²) in [6.45, 7) is 0. The Morgan fingerprint density at radius 2 is 1.05 bits per heavy atom. The number of fused-ring (bicyclic) bond motifs is 6. The average molecular weight is 563 g/mol. The molecule has 2 heterocycles. The van der Waals surface area contributed by atoms with E-state index in [1.165, 1.54) is 44.2 Å². The monoisotopic (exact) mass is 562 g/mol. The fourth-order valence-electron chi connectivity index (χ4n) is 6.68. The van der Waals surface area contributed by atoms with Gasteiger partial charge in [-0.05, 0) is 58.0 Å². The number of aromatic nitrogens is 4. The van der Waals surface area contributed by atoms with Gasteiger partial charge in [0.2, 0.25) is 5.95 Å². The normalized spacial score (nSPS) is 12.0. The van der Waals surface area contributed by atoms with E-state index in [2.05, 4.69) is 89.5 Å². The number of benzene rings is 6. The van der Waals surface area contributed by atoms with Gasteiger partial charge in [-0.25, -0.2) is 4.98 Å². The van der Waals surface area contributed by atoms with Crippen molar-refractivity contribution in [3.8, 4) is 51.0 Å². The van der Waals surface area contributed by atoms with Crippen LogP contribution in [0.1, 0.15) is 11.1 Å². The van der Waals surface area contributed by atoms with Crippen LogP contribution in [0.2, 0.25) is 0 Å². The number of hydrogen-bond donors (Lipinski definition) is 0. The molecule has 2 aromatic heterocycles. The van der Waals surface area contributed by atoms with Crippen molar-refractivity contribution in [2.75, 3.05) is 0 Å². The number of para-hydroxylation sites is 1. The molecule has 1 aliphatic carbocycles. The van der Waals surface area contributed by atoms with Gasteiger partial charge in [0, 0.05) is 21.9 Å². The van der Waals surface area contributed by atoms with Crippen LogP contribution in [0.5, 0.6) is 0 Å². The van der Waals surface area contributed by atoms with Gasteiger partial charge in [-0.15, -0.1) is 0 Å². The first-order valence-electron chi connectivity index (χ1n) is 14.9. The highest BCUT2D eigenvalue weighted by molar-refractivity contribution is 6.10. The first kappa shape index (κ1) is 24.7. The molecule has 44 heavy (non-hydrogen) atoms. The van der Waals surface area contributed by atoms with Crippen LogP contribution in [0.3, 0.4) is 0 Å². The van der Waals surface area contributed by atoms with Crippen molar-refractivity contribution in [3.05, 3.63) is 157 Å². The minimum absolute atomic E-state index is 0.603. The summed E-state index contributed by atoms with van der Waals surface area (Å²) >= 11 is 0. The molecule has 0 saturated heterocycles. The standard InChI is InChI=1S/C40H26N4/c1-3-12-26(13-4-1)38-41-39(27-14-5-2-6-15-27)43-40(42-38)44-35-21-10-9-19-33(35)34-25-29(22-23-36(34)44)32-20-11-17-30-24-28-16-7-8-18-31(28)37(30)32/h1-23,25H,24H2. The largest absolute Gasteiger partial charge is 0.278 e. The molecule has 0 bridgehead atoms. The molecule has 4 nitrogen and oxygen atoms in total. The summed E-state index contributed by atoms with van der Waals surface area (Å²) in [5, 5.41) is 2.34. The molecule has 0 fully saturated rings. The second-order valence-electron chi connectivity index (χ2n) is 11.3. The number of nitrogens with zero attached hydrogens (tertiary/aromatic N) is 4. The highest BCUT2D eigenvalue weighted by Crippen LogP contribution is 2.44. The topological polar surface area (TPSA) is 43.6 Å². The van der Waals surface area contributed by atoms with Crippen LogP contribution in [0.4, 0.5) is 0 Å². The molecule has 0 spiro atoms. The maximum absolute atomic E-state index is 5.07.